The van der Waals surface area contributed by atoms with Gasteiger partial charge in [0.25, 0.3) is 5.69 Å². The maximum atomic E-state index is 13.7. The molecule has 8 nitrogen and oxygen atoms in total. The topological polar surface area (TPSA) is 113 Å². The second kappa shape index (κ2) is 9.03. The number of carbonyl (C=O) groups excluding carboxylic acids is 3. The predicted octanol–water partition coefficient (Wildman–Crippen LogP) is 3.44. The monoisotopic (exact) mass is 447 g/mol. The Balaban J connectivity index is 3.43. The summed E-state index contributed by atoms with van der Waals surface area (Å²) in [4.78, 5) is 46.9. The molecule has 27 heavy (non-hydrogen) atoms. The Hall–Kier alpha value is -2.36. The third kappa shape index (κ3) is 6.38. The molecule has 0 aliphatic carbocycles. The number of ether oxygens (including phenoxy) is 2. The first kappa shape index (κ1) is 22.7. The number of carbonyl (C=O) groups is 3. The molecule has 1 rings (SSSR count). The van der Waals surface area contributed by atoms with E-state index in [-0.39, 0.29) is 16.5 Å². The van der Waals surface area contributed by atoms with Crippen molar-refractivity contribution in [2.24, 2.45) is 0 Å². The van der Waals surface area contributed by atoms with Gasteiger partial charge in [-0.25, -0.2) is 4.39 Å². The van der Waals surface area contributed by atoms with Crippen LogP contribution in [0.4, 0.5) is 10.1 Å². The second-order valence-corrected chi connectivity index (χ2v) is 7.45. The lowest BCUT2D eigenvalue weighted by atomic mass is 9.90. The highest BCUT2D eigenvalue weighted by Crippen LogP contribution is 2.34. The van der Waals surface area contributed by atoms with Crippen LogP contribution >= 0.6 is 15.9 Å². The molecule has 0 saturated heterocycles. The van der Waals surface area contributed by atoms with Crippen LogP contribution in [0.1, 0.15) is 45.1 Å². The van der Waals surface area contributed by atoms with E-state index in [9.17, 15) is 28.9 Å². The molecule has 1 atom stereocenters. The number of Topliss-reactive ketones (excluding diaryl/α,β-unsaturated/α-hetero) is 1. The smallest absolute Gasteiger partial charge is 0.321 e. The Bertz CT molecular complexity index is 773. The molecule has 0 spiro atoms. The Morgan fingerprint density at radius 1 is 1.26 bits per heavy atom. The fourth-order valence-electron chi connectivity index (χ4n) is 2.21. The Morgan fingerprint density at radius 2 is 1.85 bits per heavy atom. The largest absolute Gasteiger partial charge is 0.469 e. The molecule has 0 amide bonds. The quantitative estimate of drug-likeness (QED) is 0.272. The van der Waals surface area contributed by atoms with Crippen LogP contribution in [0, 0.1) is 15.9 Å². The van der Waals surface area contributed by atoms with Crippen molar-refractivity contribution in [2.45, 2.75) is 45.1 Å². The Labute approximate surface area is 163 Å². The number of halogens is 2. The van der Waals surface area contributed by atoms with Crippen molar-refractivity contribution in [3.63, 3.8) is 0 Å². The van der Waals surface area contributed by atoms with Crippen molar-refractivity contribution < 1.29 is 33.2 Å². The van der Waals surface area contributed by atoms with E-state index in [2.05, 4.69) is 20.7 Å². The summed E-state index contributed by atoms with van der Waals surface area (Å²) in [6.07, 6.45) is -0.715. The molecule has 0 aromatic heterocycles. The van der Waals surface area contributed by atoms with E-state index in [1.807, 2.05) is 0 Å². The van der Waals surface area contributed by atoms with Crippen molar-refractivity contribution in [2.75, 3.05) is 7.11 Å². The van der Waals surface area contributed by atoms with E-state index in [0.29, 0.717) is 6.07 Å². The van der Waals surface area contributed by atoms with Crippen LogP contribution < -0.4 is 0 Å². The highest BCUT2D eigenvalue weighted by molar-refractivity contribution is 9.10. The summed E-state index contributed by atoms with van der Waals surface area (Å²) in [5.41, 5.74) is -2.03. The number of hydrogen-bond donors (Lipinski definition) is 0. The Kier molecular flexibility index (Phi) is 7.58. The lowest BCUT2D eigenvalue weighted by Gasteiger charge is -2.23. The van der Waals surface area contributed by atoms with Gasteiger partial charge in [-0.2, -0.15) is 0 Å². The van der Waals surface area contributed by atoms with Gasteiger partial charge in [0.15, 0.2) is 5.78 Å². The van der Waals surface area contributed by atoms with E-state index < -0.39 is 52.1 Å². The van der Waals surface area contributed by atoms with E-state index in [0.717, 1.165) is 13.2 Å². The number of methoxy groups -OCH3 is 1. The van der Waals surface area contributed by atoms with Gasteiger partial charge in [-0.1, -0.05) is 0 Å². The minimum atomic E-state index is -1.69. The molecule has 0 fully saturated rings. The van der Waals surface area contributed by atoms with E-state index in [4.69, 9.17) is 4.74 Å². The van der Waals surface area contributed by atoms with Gasteiger partial charge in [0.05, 0.1) is 34.6 Å². The zero-order chi connectivity index (χ0) is 20.9. The molecule has 0 aliphatic heterocycles. The van der Waals surface area contributed by atoms with E-state index >= 15 is 0 Å². The number of hydrogen-bond acceptors (Lipinski definition) is 7. The van der Waals surface area contributed by atoms with Crippen LogP contribution in [0.3, 0.4) is 0 Å². The number of benzene rings is 1. The predicted molar refractivity (Wildman–Crippen MR) is 95.6 cm³/mol. The van der Waals surface area contributed by atoms with Crippen molar-refractivity contribution in [3.8, 4) is 0 Å². The van der Waals surface area contributed by atoms with E-state index in [1.54, 1.807) is 20.8 Å². The number of esters is 2. The van der Waals surface area contributed by atoms with Crippen LogP contribution in [-0.2, 0) is 23.9 Å². The highest BCUT2D eigenvalue weighted by Gasteiger charge is 2.38. The average molecular weight is 448 g/mol. The Morgan fingerprint density at radius 3 is 2.33 bits per heavy atom. The first-order valence-electron chi connectivity index (χ1n) is 7.83. The zero-order valence-electron chi connectivity index (χ0n) is 15.2. The molecule has 0 bridgehead atoms. The van der Waals surface area contributed by atoms with Gasteiger partial charge in [0, 0.05) is 6.42 Å². The van der Waals surface area contributed by atoms with Gasteiger partial charge in [0.2, 0.25) is 0 Å². The molecule has 0 radical (unpaired) electrons. The summed E-state index contributed by atoms with van der Waals surface area (Å²) < 4.78 is 23.2. The summed E-state index contributed by atoms with van der Waals surface area (Å²) in [6, 6.07) is 1.61. The first-order valence-corrected chi connectivity index (χ1v) is 8.62. The molecule has 1 unspecified atom stereocenters. The molecule has 1 aromatic carbocycles. The van der Waals surface area contributed by atoms with Crippen molar-refractivity contribution in [3.05, 3.63) is 38.1 Å². The number of ketones is 1. The fourth-order valence-corrected chi connectivity index (χ4v) is 2.57. The average Bonchev–Trinajstić information content (AvgIpc) is 2.53. The molecule has 1 aromatic rings. The molecule has 148 valence electrons. The molecule has 0 heterocycles. The van der Waals surface area contributed by atoms with Crippen molar-refractivity contribution in [1.29, 1.82) is 0 Å². The summed E-state index contributed by atoms with van der Waals surface area (Å²) in [6.45, 7) is 4.70. The van der Waals surface area contributed by atoms with Gasteiger partial charge in [-0.3, -0.25) is 24.5 Å². The van der Waals surface area contributed by atoms with E-state index in [1.165, 1.54) is 0 Å². The van der Waals surface area contributed by atoms with Gasteiger partial charge in [-0.15, -0.1) is 0 Å². The van der Waals surface area contributed by atoms with Crippen LogP contribution in [0.25, 0.3) is 0 Å². The minimum Gasteiger partial charge on any atom is -0.469 e. The maximum Gasteiger partial charge on any atom is 0.321 e. The number of nitrogens with zero attached hydrogens (tertiary/aromatic N) is 1. The van der Waals surface area contributed by atoms with Gasteiger partial charge >= 0.3 is 11.9 Å². The van der Waals surface area contributed by atoms with Crippen LogP contribution in [0.2, 0.25) is 0 Å². The van der Waals surface area contributed by atoms with Crippen molar-refractivity contribution in [1.82, 2.24) is 0 Å². The summed E-state index contributed by atoms with van der Waals surface area (Å²) in [7, 11) is 1.14. The maximum absolute atomic E-state index is 13.7. The summed E-state index contributed by atoms with van der Waals surface area (Å²) in [5, 5.41) is 11.3. The molecular weight excluding hydrogens is 429 g/mol. The normalized spacial score (nSPS) is 12.2. The lowest BCUT2D eigenvalue weighted by Crippen LogP contribution is -2.32. The van der Waals surface area contributed by atoms with Crippen LogP contribution in [0.15, 0.2) is 16.6 Å². The summed E-state index contributed by atoms with van der Waals surface area (Å²) in [5.74, 6) is -5.10. The van der Waals surface area contributed by atoms with Gasteiger partial charge < -0.3 is 9.47 Å². The van der Waals surface area contributed by atoms with Gasteiger partial charge in [0.1, 0.15) is 17.3 Å². The molecule has 10 heteroatoms. The van der Waals surface area contributed by atoms with Gasteiger partial charge in [-0.05, 0) is 42.8 Å². The van der Waals surface area contributed by atoms with Crippen molar-refractivity contribution >= 4 is 39.3 Å². The standard InChI is InChI=1S/C17H19BrFNO7/c1-17(2,3)27-16(23)15(13(21)5-6-14(22)26-4)9-7-10(18)11(19)8-12(9)20(24)25/h7-8,15H,5-6H2,1-4H3. The number of nitro groups is 1. The minimum absolute atomic E-state index is 0.155. The fraction of sp³-hybridized carbons (Fsp3) is 0.471. The third-order valence-corrected chi connectivity index (χ3v) is 3.95. The molecule has 0 saturated carbocycles. The number of rotatable bonds is 7. The first-order chi connectivity index (χ1) is 12.4. The lowest BCUT2D eigenvalue weighted by molar-refractivity contribution is -0.385. The number of nitro benzene ring substituents is 1. The molecular formula is C17H19BrFNO7. The molecule has 0 aliphatic rings. The van der Waals surface area contributed by atoms with Crippen LogP contribution in [0.5, 0.6) is 0 Å². The molecule has 0 N–H and O–H groups in total. The van der Waals surface area contributed by atoms with Crippen LogP contribution in [-0.4, -0.2) is 35.4 Å². The second-order valence-electron chi connectivity index (χ2n) is 6.59. The highest BCUT2D eigenvalue weighted by atomic mass is 79.9. The zero-order valence-corrected chi connectivity index (χ0v) is 16.8. The summed E-state index contributed by atoms with van der Waals surface area (Å²) >= 11 is 2.90. The SMILES string of the molecule is COC(=O)CCC(=O)C(C(=O)OC(C)(C)C)c1cc(Br)c(F)cc1[N+](=O)[O-]. The third-order valence-electron chi connectivity index (χ3n) is 3.34.